The van der Waals surface area contributed by atoms with Gasteiger partial charge in [0, 0.05) is 16.5 Å². The first-order valence-electron chi connectivity index (χ1n) is 6.68. The van der Waals surface area contributed by atoms with Crippen LogP contribution in [0.2, 0.25) is 0 Å². The molecule has 1 aromatic rings. The van der Waals surface area contributed by atoms with Crippen molar-refractivity contribution < 1.29 is 13.2 Å². The van der Waals surface area contributed by atoms with Crippen LogP contribution in [0, 0.1) is 0 Å². The van der Waals surface area contributed by atoms with Gasteiger partial charge in [-0.25, -0.2) is 0 Å². The molecule has 1 rings (SSSR count). The van der Waals surface area contributed by atoms with Gasteiger partial charge in [-0.15, -0.1) is 0 Å². The van der Waals surface area contributed by atoms with Gasteiger partial charge >= 0.3 is 6.18 Å². The smallest absolute Gasteiger partial charge is 0.310 e. The number of thioether (sulfide) groups is 1. The van der Waals surface area contributed by atoms with Crippen LogP contribution in [0.3, 0.4) is 0 Å². The molecule has 0 bridgehead atoms. The van der Waals surface area contributed by atoms with Crippen molar-refractivity contribution in [1.82, 2.24) is 5.32 Å². The third-order valence-electron chi connectivity index (χ3n) is 2.77. The lowest BCUT2D eigenvalue weighted by Crippen LogP contribution is -2.25. The Kier molecular flexibility index (Phi) is 5.95. The second kappa shape index (κ2) is 6.85. The molecule has 0 aliphatic rings. The molecular weight excluding hydrogens is 283 g/mol. The fraction of sp³-hybridized carbons (Fsp3) is 0.600. The van der Waals surface area contributed by atoms with Crippen LogP contribution in [0.5, 0.6) is 0 Å². The van der Waals surface area contributed by atoms with Gasteiger partial charge in [0.25, 0.3) is 0 Å². The van der Waals surface area contributed by atoms with E-state index in [2.05, 4.69) is 26.1 Å². The van der Waals surface area contributed by atoms with Gasteiger partial charge in [-0.05, 0) is 24.2 Å². The Morgan fingerprint density at radius 1 is 1.10 bits per heavy atom. The lowest BCUT2D eigenvalue weighted by atomic mass is 10.1. The first-order valence-corrected chi connectivity index (χ1v) is 7.66. The van der Waals surface area contributed by atoms with Gasteiger partial charge in [0.15, 0.2) is 0 Å². The molecule has 1 aromatic carbocycles. The van der Waals surface area contributed by atoms with E-state index in [0.29, 0.717) is 0 Å². The third kappa shape index (κ3) is 5.75. The van der Waals surface area contributed by atoms with Gasteiger partial charge in [0.05, 0.1) is 5.56 Å². The largest absolute Gasteiger partial charge is 0.416 e. The van der Waals surface area contributed by atoms with Gasteiger partial charge in [-0.3, -0.25) is 0 Å². The van der Waals surface area contributed by atoms with E-state index >= 15 is 0 Å². The molecule has 5 heteroatoms. The molecule has 0 aliphatic heterocycles. The number of hydrogen-bond acceptors (Lipinski definition) is 2. The van der Waals surface area contributed by atoms with E-state index < -0.39 is 11.7 Å². The minimum absolute atomic E-state index is 0.0755. The standard InChI is InChI=1S/C15H22F3NS/c1-5-19-13(10-20-14(2,3)4)11-6-8-12(9-7-11)15(16,17)18/h6-9,13,19H,5,10H2,1-4H3. The maximum absolute atomic E-state index is 12.6. The van der Waals surface area contributed by atoms with Crippen molar-refractivity contribution in [3.05, 3.63) is 35.4 Å². The van der Waals surface area contributed by atoms with Crippen molar-refractivity contribution in [1.29, 1.82) is 0 Å². The van der Waals surface area contributed by atoms with Crippen LogP contribution in [-0.2, 0) is 6.18 Å². The van der Waals surface area contributed by atoms with Crippen LogP contribution in [-0.4, -0.2) is 17.0 Å². The number of halogens is 3. The third-order valence-corrected chi connectivity index (χ3v) is 4.14. The molecule has 0 aliphatic carbocycles. The van der Waals surface area contributed by atoms with Gasteiger partial charge in [0.2, 0.25) is 0 Å². The number of alkyl halides is 3. The van der Waals surface area contributed by atoms with Crippen LogP contribution in [0.25, 0.3) is 0 Å². The summed E-state index contributed by atoms with van der Waals surface area (Å²) in [6.07, 6.45) is -4.27. The quantitative estimate of drug-likeness (QED) is 0.831. The van der Waals surface area contributed by atoms with Crippen molar-refractivity contribution in [2.45, 2.75) is 44.7 Å². The average Bonchev–Trinajstić information content (AvgIpc) is 2.32. The Labute approximate surface area is 123 Å². The topological polar surface area (TPSA) is 12.0 Å². The molecular formula is C15H22F3NS. The Morgan fingerprint density at radius 2 is 1.65 bits per heavy atom. The molecule has 1 atom stereocenters. The first kappa shape index (κ1) is 17.4. The second-order valence-electron chi connectivity index (χ2n) is 5.65. The number of benzene rings is 1. The fourth-order valence-corrected chi connectivity index (χ4v) is 2.73. The Balaban J connectivity index is 2.81. The molecule has 1 N–H and O–H groups in total. The molecule has 0 heterocycles. The highest BCUT2D eigenvalue weighted by molar-refractivity contribution is 8.00. The minimum atomic E-state index is -4.27. The highest BCUT2D eigenvalue weighted by Gasteiger charge is 2.30. The zero-order chi connectivity index (χ0) is 15.4. The molecule has 1 nitrogen and oxygen atoms in total. The Bertz CT molecular complexity index is 407. The maximum atomic E-state index is 12.6. The van der Waals surface area contributed by atoms with E-state index in [1.165, 1.54) is 0 Å². The summed E-state index contributed by atoms with van der Waals surface area (Å²) in [5.41, 5.74) is 0.302. The van der Waals surface area contributed by atoms with Gasteiger partial charge < -0.3 is 5.32 Å². The summed E-state index contributed by atoms with van der Waals surface area (Å²) in [7, 11) is 0. The SMILES string of the molecule is CCNC(CSC(C)(C)C)c1ccc(C(F)(F)F)cc1. The zero-order valence-corrected chi connectivity index (χ0v) is 13.2. The second-order valence-corrected chi connectivity index (χ2v) is 7.50. The summed E-state index contributed by atoms with van der Waals surface area (Å²) >= 11 is 1.80. The highest BCUT2D eigenvalue weighted by Crippen LogP contribution is 2.32. The monoisotopic (exact) mass is 305 g/mol. The maximum Gasteiger partial charge on any atom is 0.416 e. The molecule has 0 saturated carbocycles. The summed E-state index contributed by atoms with van der Waals surface area (Å²) < 4.78 is 37.8. The van der Waals surface area contributed by atoms with Crippen LogP contribution in [0.4, 0.5) is 13.2 Å². The van der Waals surface area contributed by atoms with Crippen LogP contribution < -0.4 is 5.32 Å². The predicted octanol–water partition coefficient (Wildman–Crippen LogP) is 4.89. The normalized spacial score (nSPS) is 14.3. The molecule has 20 heavy (non-hydrogen) atoms. The van der Waals surface area contributed by atoms with Crippen LogP contribution in [0.1, 0.15) is 44.9 Å². The number of rotatable bonds is 5. The van der Waals surface area contributed by atoms with Crippen molar-refractivity contribution in [2.75, 3.05) is 12.3 Å². The van der Waals surface area contributed by atoms with Gasteiger partial charge in [0.1, 0.15) is 0 Å². The van der Waals surface area contributed by atoms with Crippen molar-refractivity contribution in [2.24, 2.45) is 0 Å². The molecule has 0 aromatic heterocycles. The van der Waals surface area contributed by atoms with Crippen molar-refractivity contribution >= 4 is 11.8 Å². The number of nitrogens with one attached hydrogen (secondary N) is 1. The lowest BCUT2D eigenvalue weighted by molar-refractivity contribution is -0.137. The van der Waals surface area contributed by atoms with E-state index in [1.54, 1.807) is 23.9 Å². The molecule has 0 spiro atoms. The van der Waals surface area contributed by atoms with Crippen molar-refractivity contribution in [3.8, 4) is 0 Å². The predicted molar refractivity (Wildman–Crippen MR) is 80.1 cm³/mol. The van der Waals surface area contributed by atoms with E-state index in [-0.39, 0.29) is 10.8 Å². The summed E-state index contributed by atoms with van der Waals surface area (Å²) in [4.78, 5) is 0. The summed E-state index contributed by atoms with van der Waals surface area (Å²) in [5.74, 6) is 0.836. The van der Waals surface area contributed by atoms with E-state index in [9.17, 15) is 13.2 Å². The first-order chi connectivity index (χ1) is 9.13. The average molecular weight is 305 g/mol. The van der Waals surface area contributed by atoms with Crippen molar-refractivity contribution in [3.63, 3.8) is 0 Å². The summed E-state index contributed by atoms with van der Waals surface area (Å²) in [6, 6.07) is 5.52. The molecule has 0 saturated heterocycles. The van der Waals surface area contributed by atoms with E-state index in [4.69, 9.17) is 0 Å². The molecule has 114 valence electrons. The minimum Gasteiger partial charge on any atom is -0.310 e. The van der Waals surface area contributed by atoms with Gasteiger partial charge in [-0.1, -0.05) is 39.8 Å². The van der Waals surface area contributed by atoms with Gasteiger partial charge in [-0.2, -0.15) is 24.9 Å². The van der Waals surface area contributed by atoms with E-state index in [0.717, 1.165) is 30.0 Å². The molecule has 1 unspecified atom stereocenters. The number of hydrogen-bond donors (Lipinski definition) is 1. The lowest BCUT2D eigenvalue weighted by Gasteiger charge is -2.24. The Morgan fingerprint density at radius 3 is 2.05 bits per heavy atom. The van der Waals surface area contributed by atoms with E-state index in [1.807, 2.05) is 6.92 Å². The zero-order valence-electron chi connectivity index (χ0n) is 12.3. The van der Waals surface area contributed by atoms with Crippen LogP contribution >= 0.6 is 11.8 Å². The molecule has 0 amide bonds. The fourth-order valence-electron chi connectivity index (χ4n) is 1.76. The highest BCUT2D eigenvalue weighted by atomic mass is 32.2. The summed E-state index contributed by atoms with van der Waals surface area (Å²) in [5, 5.41) is 3.33. The summed E-state index contributed by atoms with van der Waals surface area (Å²) in [6.45, 7) is 9.18. The molecule has 0 radical (unpaired) electrons. The van der Waals surface area contributed by atoms with Crippen LogP contribution in [0.15, 0.2) is 24.3 Å². The Hall–Kier alpha value is -0.680. The molecule has 0 fully saturated rings.